The Morgan fingerprint density at radius 3 is 2.83 bits per heavy atom. The number of piperidine rings is 1. The molecule has 1 aliphatic heterocycles. The molecule has 1 fully saturated rings. The first-order valence-electron chi connectivity index (χ1n) is 7.74. The normalized spacial score (nSPS) is 19.4. The number of hydrogen-bond acceptors (Lipinski definition) is 5. The largest absolute Gasteiger partial charge is 0.494 e. The van der Waals surface area contributed by atoms with Gasteiger partial charge >= 0.3 is 0 Å². The Morgan fingerprint density at radius 1 is 1.42 bits per heavy atom. The Balaban J connectivity index is 2.00. The van der Waals surface area contributed by atoms with Crippen LogP contribution in [0.25, 0.3) is 0 Å². The van der Waals surface area contributed by atoms with E-state index in [9.17, 15) is 13.5 Å². The summed E-state index contributed by atoms with van der Waals surface area (Å²) in [6.07, 6.45) is 2.03. The summed E-state index contributed by atoms with van der Waals surface area (Å²) in [5, 5.41) is 9.55. The third kappa shape index (κ3) is 4.74. The van der Waals surface area contributed by atoms with Gasteiger partial charge in [0.05, 0.1) is 12.1 Å². The van der Waals surface area contributed by atoms with Crippen LogP contribution in [0.4, 0.5) is 0 Å². The van der Waals surface area contributed by atoms with Crippen molar-refractivity contribution in [2.75, 3.05) is 39.9 Å². The van der Waals surface area contributed by atoms with Crippen molar-refractivity contribution < 1.29 is 18.3 Å². The number of nitrogens with one attached hydrogen (secondary N) is 1. The number of halogens is 2. The van der Waals surface area contributed by atoms with Crippen LogP contribution in [0.2, 0.25) is 10.0 Å². The van der Waals surface area contributed by atoms with E-state index in [1.54, 1.807) is 0 Å². The maximum absolute atomic E-state index is 12.5. The molecule has 0 saturated carbocycles. The van der Waals surface area contributed by atoms with Crippen molar-refractivity contribution in [3.63, 3.8) is 0 Å². The van der Waals surface area contributed by atoms with Crippen molar-refractivity contribution in [3.05, 3.63) is 22.2 Å². The van der Waals surface area contributed by atoms with Crippen molar-refractivity contribution in [3.8, 4) is 5.75 Å². The molecule has 6 nitrogen and oxygen atoms in total. The topological polar surface area (TPSA) is 78.9 Å². The van der Waals surface area contributed by atoms with Crippen LogP contribution in [0.1, 0.15) is 12.8 Å². The van der Waals surface area contributed by atoms with Gasteiger partial charge in [-0.25, -0.2) is 13.1 Å². The van der Waals surface area contributed by atoms with Crippen LogP contribution in [0.3, 0.4) is 0 Å². The summed E-state index contributed by atoms with van der Waals surface area (Å²) < 4.78 is 32.6. The monoisotopic (exact) mass is 396 g/mol. The van der Waals surface area contributed by atoms with E-state index in [-0.39, 0.29) is 39.8 Å². The zero-order valence-corrected chi connectivity index (χ0v) is 15.8. The summed E-state index contributed by atoms with van der Waals surface area (Å²) in [5.74, 6) is 0.306. The lowest BCUT2D eigenvalue weighted by Gasteiger charge is -2.31. The van der Waals surface area contributed by atoms with Crippen molar-refractivity contribution in [2.45, 2.75) is 17.7 Å². The van der Waals surface area contributed by atoms with E-state index in [0.29, 0.717) is 6.54 Å². The molecule has 2 N–H and O–H groups in total. The van der Waals surface area contributed by atoms with Gasteiger partial charge in [0.25, 0.3) is 0 Å². The van der Waals surface area contributed by atoms with E-state index in [1.807, 2.05) is 0 Å². The first kappa shape index (κ1) is 19.8. The number of aliphatic hydroxyl groups is 1. The number of hydrogen-bond donors (Lipinski definition) is 2. The molecule has 9 heteroatoms. The van der Waals surface area contributed by atoms with Gasteiger partial charge in [0, 0.05) is 26.2 Å². The smallest absolute Gasteiger partial charge is 0.244 e. The number of aliphatic hydroxyl groups excluding tert-OH is 1. The van der Waals surface area contributed by atoms with Gasteiger partial charge < -0.3 is 14.7 Å². The Morgan fingerprint density at radius 2 is 2.17 bits per heavy atom. The number of sulfonamides is 1. The summed E-state index contributed by atoms with van der Waals surface area (Å²) in [5.41, 5.74) is 0. The van der Waals surface area contributed by atoms with Gasteiger partial charge in [-0.2, -0.15) is 0 Å². The molecule has 0 bridgehead atoms. The predicted octanol–water partition coefficient (Wildman–Crippen LogP) is 1.98. The fourth-order valence-corrected chi connectivity index (χ4v) is 4.47. The fourth-order valence-electron chi connectivity index (χ4n) is 2.84. The molecule has 0 spiro atoms. The molecule has 136 valence electrons. The summed E-state index contributed by atoms with van der Waals surface area (Å²) >= 11 is 11.9. The number of benzene rings is 1. The molecule has 1 saturated heterocycles. The molecule has 1 heterocycles. The Hall–Kier alpha value is -0.570. The van der Waals surface area contributed by atoms with Crippen LogP contribution in [0, 0.1) is 5.92 Å². The van der Waals surface area contributed by atoms with Gasteiger partial charge in [-0.15, -0.1) is 0 Å². The molecule has 0 aromatic heterocycles. The molecule has 0 aliphatic carbocycles. The number of rotatable bonds is 7. The van der Waals surface area contributed by atoms with Crippen LogP contribution in [0.5, 0.6) is 5.75 Å². The van der Waals surface area contributed by atoms with Gasteiger partial charge in [-0.05, 0) is 37.4 Å². The predicted molar refractivity (Wildman–Crippen MR) is 94.5 cm³/mol. The van der Waals surface area contributed by atoms with E-state index in [0.717, 1.165) is 25.9 Å². The van der Waals surface area contributed by atoms with E-state index in [1.165, 1.54) is 19.2 Å². The maximum atomic E-state index is 12.5. The van der Waals surface area contributed by atoms with Crippen LogP contribution >= 0.6 is 23.2 Å². The molecule has 1 aromatic carbocycles. The van der Waals surface area contributed by atoms with Gasteiger partial charge in [-0.1, -0.05) is 23.2 Å². The minimum atomic E-state index is -3.76. The van der Waals surface area contributed by atoms with Gasteiger partial charge in [0.2, 0.25) is 10.0 Å². The highest BCUT2D eigenvalue weighted by Gasteiger charge is 2.24. The molecule has 0 radical (unpaired) electrons. The van der Waals surface area contributed by atoms with Crippen LogP contribution in [-0.4, -0.2) is 58.3 Å². The summed E-state index contributed by atoms with van der Waals surface area (Å²) in [6.45, 7) is 2.72. The van der Waals surface area contributed by atoms with Crippen LogP contribution < -0.4 is 9.46 Å². The Labute approximate surface area is 152 Å². The zero-order chi connectivity index (χ0) is 17.7. The second-order valence-corrected chi connectivity index (χ2v) is 8.30. The average molecular weight is 397 g/mol. The molecular formula is C15H22Cl2N2O4S. The zero-order valence-electron chi connectivity index (χ0n) is 13.5. The first-order chi connectivity index (χ1) is 11.4. The molecule has 1 aromatic rings. The number of ether oxygens (including phenoxy) is 1. The van der Waals surface area contributed by atoms with Crippen molar-refractivity contribution in [2.24, 2.45) is 5.92 Å². The Bertz CT molecular complexity index is 670. The first-order valence-corrected chi connectivity index (χ1v) is 9.97. The second-order valence-electron chi connectivity index (χ2n) is 5.78. The number of nitrogens with zero attached hydrogens (tertiary/aromatic N) is 1. The molecule has 1 aliphatic rings. The Kier molecular flexibility index (Phi) is 7.15. The minimum absolute atomic E-state index is 0.0359. The number of methoxy groups -OCH3 is 1. The lowest BCUT2D eigenvalue weighted by molar-refractivity contribution is 0.122. The highest BCUT2D eigenvalue weighted by molar-refractivity contribution is 7.89. The minimum Gasteiger partial charge on any atom is -0.494 e. The van der Waals surface area contributed by atoms with Crippen molar-refractivity contribution >= 4 is 33.2 Å². The third-order valence-corrected chi connectivity index (χ3v) is 6.36. The van der Waals surface area contributed by atoms with Gasteiger partial charge in [-0.3, -0.25) is 0 Å². The molecule has 0 amide bonds. The van der Waals surface area contributed by atoms with Crippen molar-refractivity contribution in [1.29, 1.82) is 0 Å². The highest BCUT2D eigenvalue weighted by atomic mass is 35.5. The number of likely N-dealkylation sites (tertiary alicyclic amines) is 1. The van der Waals surface area contributed by atoms with Crippen LogP contribution in [-0.2, 0) is 10.0 Å². The average Bonchev–Trinajstić information content (AvgIpc) is 2.57. The standard InChI is InChI=1S/C15H22Cl2N2O4S/c1-23-15-13(5-4-12(16)14(15)17)24(21,22)18-6-8-19-7-2-3-11(9-19)10-20/h4-5,11,18,20H,2-3,6-10H2,1H3/t11-/m1/s1. The summed E-state index contributed by atoms with van der Waals surface area (Å²) in [6, 6.07) is 2.80. The fraction of sp³-hybridized carbons (Fsp3) is 0.600. The lowest BCUT2D eigenvalue weighted by Crippen LogP contribution is -2.41. The summed E-state index contributed by atoms with van der Waals surface area (Å²) in [7, 11) is -2.41. The quantitative estimate of drug-likeness (QED) is 0.736. The van der Waals surface area contributed by atoms with E-state index < -0.39 is 10.0 Å². The second kappa shape index (κ2) is 8.69. The van der Waals surface area contributed by atoms with Gasteiger partial charge in [0.1, 0.15) is 9.92 Å². The maximum Gasteiger partial charge on any atom is 0.244 e. The van der Waals surface area contributed by atoms with Crippen LogP contribution in [0.15, 0.2) is 17.0 Å². The third-order valence-electron chi connectivity index (χ3n) is 4.09. The molecule has 24 heavy (non-hydrogen) atoms. The van der Waals surface area contributed by atoms with Crippen molar-refractivity contribution in [1.82, 2.24) is 9.62 Å². The molecule has 0 unspecified atom stereocenters. The molecule has 1 atom stereocenters. The SMILES string of the molecule is COc1c(S(=O)(=O)NCCN2CCC[C@@H](CO)C2)ccc(Cl)c1Cl. The highest BCUT2D eigenvalue weighted by Crippen LogP contribution is 2.37. The van der Waals surface area contributed by atoms with E-state index in [2.05, 4.69) is 9.62 Å². The molecular weight excluding hydrogens is 375 g/mol. The van der Waals surface area contributed by atoms with E-state index >= 15 is 0 Å². The van der Waals surface area contributed by atoms with E-state index in [4.69, 9.17) is 27.9 Å². The molecule has 2 rings (SSSR count). The van der Waals surface area contributed by atoms with Gasteiger partial charge in [0.15, 0.2) is 5.75 Å². The summed E-state index contributed by atoms with van der Waals surface area (Å²) in [4.78, 5) is 2.12. The lowest BCUT2D eigenvalue weighted by atomic mass is 9.99.